The Balaban J connectivity index is 2.79. The second-order valence-electron chi connectivity index (χ2n) is 3.70. The summed E-state index contributed by atoms with van der Waals surface area (Å²) in [5, 5.41) is 10.5. The van der Waals surface area contributed by atoms with Gasteiger partial charge in [0, 0.05) is 25.7 Å². The molecule has 0 aliphatic heterocycles. The van der Waals surface area contributed by atoms with Crippen molar-refractivity contribution in [3.8, 4) is 0 Å². The van der Waals surface area contributed by atoms with Gasteiger partial charge in [0.15, 0.2) is 0 Å². The van der Waals surface area contributed by atoms with Gasteiger partial charge in [0.05, 0.1) is 4.92 Å². The molecule has 94 valence electrons. The van der Waals surface area contributed by atoms with Gasteiger partial charge in [0.2, 0.25) is 5.82 Å². The van der Waals surface area contributed by atoms with Gasteiger partial charge >= 0.3 is 5.69 Å². The maximum Gasteiger partial charge on any atom is 0.304 e. The minimum atomic E-state index is -0.795. The number of nitro groups is 1. The molecule has 0 aliphatic rings. The van der Waals surface area contributed by atoms with Crippen LogP contribution >= 0.6 is 0 Å². The van der Waals surface area contributed by atoms with E-state index in [2.05, 4.69) is 0 Å². The Labute approximate surface area is 99.2 Å². The molecule has 6 heteroatoms. The number of rotatable bonds is 6. The molecule has 2 N–H and O–H groups in total. The molecule has 0 amide bonds. The maximum absolute atomic E-state index is 13.4. The van der Waals surface area contributed by atoms with Gasteiger partial charge in [0.1, 0.15) is 0 Å². The van der Waals surface area contributed by atoms with Crippen molar-refractivity contribution in [3.05, 3.63) is 39.7 Å². The Hall–Kier alpha value is -1.53. The molecule has 1 aromatic carbocycles. The van der Waals surface area contributed by atoms with Crippen LogP contribution in [0.4, 0.5) is 10.1 Å². The summed E-state index contributed by atoms with van der Waals surface area (Å²) in [4.78, 5) is 11.8. The molecular weight excluding hydrogens is 225 g/mol. The summed E-state index contributed by atoms with van der Waals surface area (Å²) in [5.74, 6) is -0.795. The highest BCUT2D eigenvalue weighted by Crippen LogP contribution is 2.18. The third kappa shape index (κ3) is 3.76. The topological polar surface area (TPSA) is 72.4 Å². The molecule has 0 fully saturated rings. The van der Waals surface area contributed by atoms with Crippen molar-refractivity contribution >= 4 is 5.69 Å². The highest BCUT2D eigenvalue weighted by molar-refractivity contribution is 5.34. The lowest BCUT2D eigenvalue weighted by Gasteiger charge is -2.19. The van der Waals surface area contributed by atoms with Crippen LogP contribution in [0.2, 0.25) is 0 Å². The zero-order valence-corrected chi connectivity index (χ0v) is 9.73. The predicted molar refractivity (Wildman–Crippen MR) is 63.1 cm³/mol. The van der Waals surface area contributed by atoms with E-state index in [1.807, 2.05) is 11.8 Å². The van der Waals surface area contributed by atoms with Crippen molar-refractivity contribution in [1.82, 2.24) is 4.90 Å². The average Bonchev–Trinajstić information content (AvgIpc) is 2.28. The standard InChI is InChI=1S/C11H16FN3O2/c1-2-14(6-5-13)8-9-3-4-11(15(16)17)10(12)7-9/h3-4,7H,2,5-6,8,13H2,1H3. The van der Waals surface area contributed by atoms with Gasteiger partial charge < -0.3 is 5.73 Å². The molecule has 0 aliphatic carbocycles. The summed E-state index contributed by atoms with van der Waals surface area (Å²) in [6.07, 6.45) is 0. The number of nitrogens with zero attached hydrogens (tertiary/aromatic N) is 2. The fourth-order valence-corrected chi connectivity index (χ4v) is 1.59. The van der Waals surface area contributed by atoms with Crippen LogP contribution in [0.5, 0.6) is 0 Å². The Kier molecular flexibility index (Phi) is 4.99. The van der Waals surface area contributed by atoms with Crippen molar-refractivity contribution < 1.29 is 9.31 Å². The quantitative estimate of drug-likeness (QED) is 0.605. The monoisotopic (exact) mass is 241 g/mol. The van der Waals surface area contributed by atoms with Gasteiger partial charge in [-0.1, -0.05) is 13.0 Å². The van der Waals surface area contributed by atoms with Crippen molar-refractivity contribution in [1.29, 1.82) is 0 Å². The molecule has 0 unspecified atom stereocenters. The highest BCUT2D eigenvalue weighted by Gasteiger charge is 2.14. The van der Waals surface area contributed by atoms with E-state index in [0.29, 0.717) is 18.7 Å². The van der Waals surface area contributed by atoms with Crippen molar-refractivity contribution in [2.24, 2.45) is 5.73 Å². The first-order valence-electron chi connectivity index (χ1n) is 5.43. The Bertz CT molecular complexity index is 398. The number of nitrogens with two attached hydrogens (primary N) is 1. The summed E-state index contributed by atoms with van der Waals surface area (Å²) in [6.45, 7) is 4.58. The van der Waals surface area contributed by atoms with Gasteiger partial charge in [-0.2, -0.15) is 4.39 Å². The van der Waals surface area contributed by atoms with Crippen LogP contribution < -0.4 is 5.73 Å². The van der Waals surface area contributed by atoms with Crippen molar-refractivity contribution in [2.45, 2.75) is 13.5 Å². The average molecular weight is 241 g/mol. The van der Waals surface area contributed by atoms with Gasteiger partial charge in [0.25, 0.3) is 0 Å². The van der Waals surface area contributed by atoms with Crippen LogP contribution in [0.1, 0.15) is 12.5 Å². The van der Waals surface area contributed by atoms with Gasteiger partial charge in [-0.15, -0.1) is 0 Å². The fraction of sp³-hybridized carbons (Fsp3) is 0.455. The maximum atomic E-state index is 13.4. The fourth-order valence-electron chi connectivity index (χ4n) is 1.59. The number of halogens is 1. The molecule has 0 radical (unpaired) electrons. The van der Waals surface area contributed by atoms with Crippen LogP contribution in [0.3, 0.4) is 0 Å². The summed E-state index contributed by atoms with van der Waals surface area (Å²) in [6, 6.07) is 3.97. The van der Waals surface area contributed by atoms with Crippen LogP contribution in [0, 0.1) is 15.9 Å². The second kappa shape index (κ2) is 6.27. The van der Waals surface area contributed by atoms with Crippen molar-refractivity contribution in [2.75, 3.05) is 19.6 Å². The molecule has 0 spiro atoms. The third-order valence-electron chi connectivity index (χ3n) is 2.51. The lowest BCUT2D eigenvalue weighted by molar-refractivity contribution is -0.387. The molecule has 0 heterocycles. The summed E-state index contributed by atoms with van der Waals surface area (Å²) in [5.41, 5.74) is 5.67. The van der Waals surface area contributed by atoms with Gasteiger partial charge in [-0.05, 0) is 18.2 Å². The molecule has 0 aromatic heterocycles. The first kappa shape index (κ1) is 13.5. The van der Waals surface area contributed by atoms with Gasteiger partial charge in [-0.3, -0.25) is 15.0 Å². The molecule has 0 saturated carbocycles. The number of nitro benzene ring substituents is 1. The van der Waals surface area contributed by atoms with Crippen LogP contribution in [0.25, 0.3) is 0 Å². The Morgan fingerprint density at radius 3 is 2.71 bits per heavy atom. The summed E-state index contributed by atoms with van der Waals surface area (Å²) in [7, 11) is 0. The third-order valence-corrected chi connectivity index (χ3v) is 2.51. The lowest BCUT2D eigenvalue weighted by Crippen LogP contribution is -2.28. The normalized spacial score (nSPS) is 10.8. The van der Waals surface area contributed by atoms with Crippen LogP contribution in [0.15, 0.2) is 18.2 Å². The summed E-state index contributed by atoms with van der Waals surface area (Å²) < 4.78 is 13.4. The van der Waals surface area contributed by atoms with E-state index < -0.39 is 16.4 Å². The van der Waals surface area contributed by atoms with E-state index in [1.165, 1.54) is 12.1 Å². The lowest BCUT2D eigenvalue weighted by atomic mass is 10.2. The predicted octanol–water partition coefficient (Wildman–Crippen LogP) is 1.51. The molecule has 1 rings (SSSR count). The Morgan fingerprint density at radius 2 is 2.24 bits per heavy atom. The van der Waals surface area contributed by atoms with E-state index in [9.17, 15) is 14.5 Å². The Morgan fingerprint density at radius 1 is 1.53 bits per heavy atom. The molecule has 17 heavy (non-hydrogen) atoms. The SMILES string of the molecule is CCN(CCN)Cc1ccc([N+](=O)[O-])c(F)c1. The molecule has 0 atom stereocenters. The number of hydrogen-bond donors (Lipinski definition) is 1. The van der Waals surface area contributed by atoms with E-state index in [4.69, 9.17) is 5.73 Å². The highest BCUT2D eigenvalue weighted by atomic mass is 19.1. The van der Waals surface area contributed by atoms with E-state index in [0.717, 1.165) is 13.1 Å². The molecule has 0 saturated heterocycles. The minimum absolute atomic E-state index is 0.490. The minimum Gasteiger partial charge on any atom is -0.329 e. The molecule has 0 bridgehead atoms. The zero-order chi connectivity index (χ0) is 12.8. The number of likely N-dealkylation sites (N-methyl/N-ethyl adjacent to an activating group) is 1. The van der Waals surface area contributed by atoms with Crippen LogP contribution in [-0.2, 0) is 6.54 Å². The van der Waals surface area contributed by atoms with E-state index in [1.54, 1.807) is 6.07 Å². The van der Waals surface area contributed by atoms with Gasteiger partial charge in [-0.25, -0.2) is 0 Å². The smallest absolute Gasteiger partial charge is 0.304 e. The molecular formula is C11H16FN3O2. The van der Waals surface area contributed by atoms with E-state index >= 15 is 0 Å². The molecule has 5 nitrogen and oxygen atoms in total. The zero-order valence-electron chi connectivity index (χ0n) is 9.73. The number of benzene rings is 1. The molecule has 1 aromatic rings. The summed E-state index contributed by atoms with van der Waals surface area (Å²) >= 11 is 0. The second-order valence-corrected chi connectivity index (χ2v) is 3.70. The number of hydrogen-bond acceptors (Lipinski definition) is 4. The first-order chi connectivity index (χ1) is 8.08. The van der Waals surface area contributed by atoms with E-state index in [-0.39, 0.29) is 0 Å². The largest absolute Gasteiger partial charge is 0.329 e. The first-order valence-corrected chi connectivity index (χ1v) is 5.43. The van der Waals surface area contributed by atoms with Crippen molar-refractivity contribution in [3.63, 3.8) is 0 Å². The van der Waals surface area contributed by atoms with Crippen LogP contribution in [-0.4, -0.2) is 29.5 Å².